The fourth-order valence-electron chi connectivity index (χ4n) is 5.33. The summed E-state index contributed by atoms with van der Waals surface area (Å²) in [4.78, 5) is 30.7. The monoisotopic (exact) mass is 499 g/mol. The van der Waals surface area contributed by atoms with E-state index in [0.29, 0.717) is 31.5 Å². The summed E-state index contributed by atoms with van der Waals surface area (Å²) < 4.78 is 8.84. The summed E-state index contributed by atoms with van der Waals surface area (Å²) in [5.41, 5.74) is 5.18. The Bertz CT molecular complexity index is 1500. The van der Waals surface area contributed by atoms with Gasteiger partial charge in [0, 0.05) is 62.4 Å². The molecule has 0 unspecified atom stereocenters. The second kappa shape index (κ2) is 10.1. The van der Waals surface area contributed by atoms with Crippen molar-refractivity contribution < 1.29 is 9.53 Å². The van der Waals surface area contributed by atoms with Crippen molar-refractivity contribution >= 4 is 22.6 Å². The Labute approximate surface area is 216 Å². The van der Waals surface area contributed by atoms with Crippen LogP contribution in [0, 0.1) is 13.8 Å². The Morgan fingerprint density at radius 3 is 2.38 bits per heavy atom. The Hall–Kier alpha value is -4.07. The fourth-order valence-corrected chi connectivity index (χ4v) is 5.33. The average molecular weight is 500 g/mol. The van der Waals surface area contributed by atoms with Gasteiger partial charge >= 0.3 is 0 Å². The van der Waals surface area contributed by atoms with Gasteiger partial charge in [-0.05, 0) is 50.1 Å². The van der Waals surface area contributed by atoms with E-state index in [2.05, 4.69) is 11.0 Å². The molecule has 192 valence electrons. The van der Waals surface area contributed by atoms with Gasteiger partial charge < -0.3 is 14.5 Å². The predicted molar refractivity (Wildman–Crippen MR) is 146 cm³/mol. The maximum absolute atomic E-state index is 13.4. The molecular formula is C29H33N5O3. The molecular weight excluding hydrogens is 466 g/mol. The van der Waals surface area contributed by atoms with Crippen molar-refractivity contribution in [1.82, 2.24) is 19.2 Å². The molecule has 0 atom stereocenters. The number of rotatable bonds is 6. The number of hydrogen-bond acceptors (Lipinski definition) is 5. The van der Waals surface area contributed by atoms with E-state index >= 15 is 0 Å². The van der Waals surface area contributed by atoms with Crippen molar-refractivity contribution in [2.24, 2.45) is 7.05 Å². The molecule has 8 nitrogen and oxygen atoms in total. The van der Waals surface area contributed by atoms with Crippen molar-refractivity contribution in [3.05, 3.63) is 81.8 Å². The Balaban J connectivity index is 1.31. The number of fused-ring (bicyclic) bond motifs is 1. The molecule has 4 aromatic rings. The van der Waals surface area contributed by atoms with E-state index in [1.165, 1.54) is 0 Å². The van der Waals surface area contributed by atoms with E-state index in [4.69, 9.17) is 9.84 Å². The first-order valence-electron chi connectivity index (χ1n) is 12.7. The summed E-state index contributed by atoms with van der Waals surface area (Å²) in [7, 11) is 3.45. The molecule has 0 saturated carbocycles. The number of pyridine rings is 1. The second-order valence-electron chi connectivity index (χ2n) is 9.57. The van der Waals surface area contributed by atoms with Crippen LogP contribution >= 0.6 is 0 Å². The van der Waals surface area contributed by atoms with E-state index in [0.717, 1.165) is 52.5 Å². The van der Waals surface area contributed by atoms with Gasteiger partial charge in [-0.1, -0.05) is 24.3 Å². The molecule has 1 amide bonds. The molecule has 2 aromatic heterocycles. The molecule has 0 bridgehead atoms. The van der Waals surface area contributed by atoms with Gasteiger partial charge in [-0.2, -0.15) is 5.10 Å². The lowest BCUT2D eigenvalue weighted by Gasteiger charge is -2.36. The van der Waals surface area contributed by atoms with Crippen LogP contribution < -0.4 is 15.2 Å². The zero-order valence-corrected chi connectivity index (χ0v) is 21.9. The predicted octanol–water partition coefficient (Wildman–Crippen LogP) is 3.63. The molecule has 1 saturated heterocycles. The van der Waals surface area contributed by atoms with Crippen molar-refractivity contribution in [2.75, 3.05) is 38.2 Å². The minimum atomic E-state index is -0.0716. The number of aromatic nitrogens is 3. The van der Waals surface area contributed by atoms with Gasteiger partial charge in [-0.15, -0.1) is 0 Å². The van der Waals surface area contributed by atoms with Crippen molar-refractivity contribution in [1.29, 1.82) is 0 Å². The van der Waals surface area contributed by atoms with Crippen LogP contribution in [0.2, 0.25) is 0 Å². The van der Waals surface area contributed by atoms with Crippen molar-refractivity contribution in [2.45, 2.75) is 26.7 Å². The molecule has 0 N–H and O–H groups in total. The number of carbonyl (C=O) groups is 1. The van der Waals surface area contributed by atoms with Crippen LogP contribution in [0.1, 0.15) is 23.2 Å². The molecule has 1 fully saturated rings. The summed E-state index contributed by atoms with van der Waals surface area (Å²) in [6.45, 7) is 6.80. The Morgan fingerprint density at radius 2 is 1.68 bits per heavy atom. The lowest BCUT2D eigenvalue weighted by Crippen LogP contribution is -2.48. The number of carbonyl (C=O) groups excluding carboxylic acids is 1. The number of hydrogen-bond donors (Lipinski definition) is 0. The first kappa shape index (κ1) is 24.6. The summed E-state index contributed by atoms with van der Waals surface area (Å²) >= 11 is 0. The Kier molecular flexibility index (Phi) is 6.74. The van der Waals surface area contributed by atoms with Crippen LogP contribution in [0.3, 0.4) is 0 Å². The molecule has 0 spiro atoms. The largest absolute Gasteiger partial charge is 0.497 e. The van der Waals surface area contributed by atoms with Crippen molar-refractivity contribution in [3.63, 3.8) is 0 Å². The number of nitrogens with zero attached hydrogens (tertiary/aromatic N) is 5. The lowest BCUT2D eigenvalue weighted by atomic mass is 10.0. The smallest absolute Gasteiger partial charge is 0.255 e. The van der Waals surface area contributed by atoms with Crippen LogP contribution in [0.15, 0.2) is 59.4 Å². The number of aryl methyl sites for hydroxylation is 3. The minimum absolute atomic E-state index is 0.0716. The highest BCUT2D eigenvalue weighted by molar-refractivity contribution is 5.85. The maximum atomic E-state index is 13.4. The van der Waals surface area contributed by atoms with Gasteiger partial charge in [0.05, 0.1) is 18.5 Å². The summed E-state index contributed by atoms with van der Waals surface area (Å²) in [5, 5.41) is 5.72. The molecule has 0 aliphatic carbocycles. The fraction of sp³-hybridized carbons (Fsp3) is 0.345. The number of para-hydroxylation sites is 1. The number of methoxy groups -OCH3 is 1. The number of piperazine rings is 1. The van der Waals surface area contributed by atoms with Gasteiger partial charge in [-0.25, -0.2) is 4.68 Å². The van der Waals surface area contributed by atoms with E-state index in [1.54, 1.807) is 18.7 Å². The van der Waals surface area contributed by atoms with Crippen LogP contribution in [0.5, 0.6) is 5.75 Å². The summed E-state index contributed by atoms with van der Waals surface area (Å²) in [6, 6.07) is 17.8. The molecule has 3 heterocycles. The third-order valence-electron chi connectivity index (χ3n) is 7.38. The highest BCUT2D eigenvalue weighted by Gasteiger charge is 2.24. The van der Waals surface area contributed by atoms with E-state index < -0.39 is 0 Å². The zero-order valence-electron chi connectivity index (χ0n) is 21.9. The quantitative estimate of drug-likeness (QED) is 0.405. The van der Waals surface area contributed by atoms with Gasteiger partial charge in [0.2, 0.25) is 5.91 Å². The van der Waals surface area contributed by atoms with Gasteiger partial charge in [-0.3, -0.25) is 14.2 Å². The molecule has 8 heteroatoms. The van der Waals surface area contributed by atoms with Gasteiger partial charge in [0.1, 0.15) is 11.4 Å². The number of amides is 1. The van der Waals surface area contributed by atoms with Crippen LogP contribution in [-0.4, -0.2) is 58.4 Å². The zero-order chi connectivity index (χ0) is 26.1. The first-order chi connectivity index (χ1) is 17.9. The van der Waals surface area contributed by atoms with Crippen LogP contribution in [0.25, 0.3) is 16.7 Å². The average Bonchev–Trinajstić information content (AvgIpc) is 3.29. The second-order valence-corrected chi connectivity index (χ2v) is 9.57. The molecule has 5 rings (SSSR count). The number of ether oxygens (including phenoxy) is 1. The third-order valence-corrected chi connectivity index (χ3v) is 7.38. The molecule has 1 aliphatic rings. The molecule has 1 aliphatic heterocycles. The van der Waals surface area contributed by atoms with E-state index in [9.17, 15) is 9.59 Å². The van der Waals surface area contributed by atoms with Gasteiger partial charge in [0.15, 0.2) is 0 Å². The summed E-state index contributed by atoms with van der Waals surface area (Å²) in [6.07, 6.45) is 0.728. The van der Waals surface area contributed by atoms with Crippen LogP contribution in [0.4, 0.5) is 5.69 Å². The molecule has 2 aromatic carbocycles. The van der Waals surface area contributed by atoms with E-state index in [-0.39, 0.29) is 11.5 Å². The highest BCUT2D eigenvalue weighted by Crippen LogP contribution is 2.26. The molecule has 37 heavy (non-hydrogen) atoms. The number of benzene rings is 2. The first-order valence-corrected chi connectivity index (χ1v) is 12.7. The Morgan fingerprint density at radius 1 is 0.973 bits per heavy atom. The normalized spacial score (nSPS) is 13.8. The maximum Gasteiger partial charge on any atom is 0.255 e. The third kappa shape index (κ3) is 4.59. The highest BCUT2D eigenvalue weighted by atomic mass is 16.5. The minimum Gasteiger partial charge on any atom is -0.497 e. The topological polar surface area (TPSA) is 72.6 Å². The SMILES string of the molecule is COc1cccc(N2CCN(C(=O)CCc3c(C)c4c(C)nn(-c5ccccc5)c4n(C)c3=O)CC2)c1. The number of anilines is 1. The standard InChI is InChI=1S/C29H33N5O3/c1-20-25(29(36)31(3)28-27(20)21(2)30-34(28)22-9-6-5-7-10-22)13-14-26(35)33-17-15-32(16-18-33)23-11-8-12-24(19-23)37-4/h5-12,19H,13-18H2,1-4H3. The van der Waals surface area contributed by atoms with E-state index in [1.807, 2.05) is 72.0 Å². The lowest BCUT2D eigenvalue weighted by molar-refractivity contribution is -0.131. The van der Waals surface area contributed by atoms with Gasteiger partial charge in [0.25, 0.3) is 5.56 Å². The van der Waals surface area contributed by atoms with Crippen molar-refractivity contribution in [3.8, 4) is 11.4 Å². The molecule has 0 radical (unpaired) electrons. The van der Waals surface area contributed by atoms with Crippen LogP contribution in [-0.2, 0) is 18.3 Å². The summed E-state index contributed by atoms with van der Waals surface area (Å²) in [5.74, 6) is 0.915.